The lowest BCUT2D eigenvalue weighted by molar-refractivity contribution is -0.119. The number of hydrogen-bond acceptors (Lipinski definition) is 4. The molecule has 0 fully saturated rings. The van der Waals surface area contributed by atoms with Gasteiger partial charge in [0.2, 0.25) is 0 Å². The predicted octanol–water partition coefficient (Wildman–Crippen LogP) is -0.134. The Balaban J connectivity index is 2.64. The monoisotopic (exact) mass is 180 g/mol. The highest BCUT2D eigenvalue weighted by atomic mass is 16.5. The molecule has 1 aromatic heterocycles. The van der Waals surface area contributed by atoms with E-state index < -0.39 is 0 Å². The first-order chi connectivity index (χ1) is 6.27. The highest BCUT2D eigenvalue weighted by Crippen LogP contribution is 2.07. The van der Waals surface area contributed by atoms with Gasteiger partial charge in [0, 0.05) is 7.11 Å². The van der Waals surface area contributed by atoms with Crippen LogP contribution in [-0.2, 0) is 9.53 Å². The molecule has 1 heterocycles. The lowest BCUT2D eigenvalue weighted by atomic mass is 10.3. The third-order valence-corrected chi connectivity index (χ3v) is 1.30. The Morgan fingerprint density at radius 1 is 1.92 bits per heavy atom. The second kappa shape index (κ2) is 4.23. The smallest absolute Gasteiger partial charge is 0.251 e. The van der Waals surface area contributed by atoms with Crippen molar-refractivity contribution < 1.29 is 9.53 Å². The molecular weight excluding hydrogens is 172 g/mol. The molecule has 0 aliphatic carbocycles. The molecule has 1 amide bonds. The first kappa shape index (κ1) is 9.22. The summed E-state index contributed by atoms with van der Waals surface area (Å²) in [7, 11) is 1.41. The molecule has 0 unspecified atom stereocenters. The van der Waals surface area contributed by atoms with E-state index in [0.717, 1.165) is 0 Å². The van der Waals surface area contributed by atoms with Crippen LogP contribution in [0.15, 0.2) is 6.20 Å². The van der Waals surface area contributed by atoms with Gasteiger partial charge in [-0.2, -0.15) is 10.4 Å². The molecule has 1 rings (SSSR count). The number of anilines is 1. The summed E-state index contributed by atoms with van der Waals surface area (Å²) in [5.74, 6) is -0.0344. The third kappa shape index (κ3) is 2.28. The Morgan fingerprint density at radius 2 is 2.69 bits per heavy atom. The lowest BCUT2D eigenvalue weighted by Crippen LogP contribution is -2.17. The molecule has 6 nitrogen and oxygen atoms in total. The van der Waals surface area contributed by atoms with Gasteiger partial charge in [0.05, 0.1) is 6.20 Å². The van der Waals surface area contributed by atoms with Gasteiger partial charge in [-0.25, -0.2) is 0 Å². The highest BCUT2D eigenvalue weighted by molar-refractivity contribution is 5.91. The minimum Gasteiger partial charge on any atom is -0.375 e. The largest absolute Gasteiger partial charge is 0.375 e. The van der Waals surface area contributed by atoms with Gasteiger partial charge in [0.1, 0.15) is 24.1 Å². The van der Waals surface area contributed by atoms with E-state index in [1.54, 1.807) is 0 Å². The second-order valence-electron chi connectivity index (χ2n) is 2.25. The summed E-state index contributed by atoms with van der Waals surface area (Å²) >= 11 is 0. The van der Waals surface area contributed by atoms with Crippen molar-refractivity contribution >= 4 is 11.7 Å². The summed E-state index contributed by atoms with van der Waals surface area (Å²) in [4.78, 5) is 11.0. The Labute approximate surface area is 74.5 Å². The molecule has 0 aromatic carbocycles. The van der Waals surface area contributed by atoms with Gasteiger partial charge in [0.25, 0.3) is 5.91 Å². The quantitative estimate of drug-likeness (QED) is 0.677. The maximum atomic E-state index is 11.0. The van der Waals surface area contributed by atoms with Crippen LogP contribution in [0.25, 0.3) is 0 Å². The van der Waals surface area contributed by atoms with E-state index in [1.165, 1.54) is 13.3 Å². The van der Waals surface area contributed by atoms with E-state index in [-0.39, 0.29) is 12.5 Å². The van der Waals surface area contributed by atoms with Crippen LogP contribution in [0.5, 0.6) is 0 Å². The summed E-state index contributed by atoms with van der Waals surface area (Å²) in [5.41, 5.74) is 0.296. The SMILES string of the molecule is COCC(=O)Nc1[nH]ncc1C#N. The number of H-pyrrole nitrogens is 1. The average Bonchev–Trinajstić information content (AvgIpc) is 2.52. The number of methoxy groups -OCH3 is 1. The average molecular weight is 180 g/mol. The van der Waals surface area contributed by atoms with Crippen molar-refractivity contribution in [3.63, 3.8) is 0 Å². The standard InChI is InChI=1S/C7H8N4O2/c1-13-4-6(12)10-7-5(2-8)3-9-11-7/h3H,4H2,1H3,(H2,9,10,11,12). The molecule has 0 spiro atoms. The van der Waals surface area contributed by atoms with Gasteiger partial charge in [-0.3, -0.25) is 9.89 Å². The van der Waals surface area contributed by atoms with Crippen LogP contribution in [0, 0.1) is 11.3 Å². The maximum absolute atomic E-state index is 11.0. The minimum atomic E-state index is -0.330. The van der Waals surface area contributed by atoms with Gasteiger partial charge < -0.3 is 10.1 Å². The normalized spacial score (nSPS) is 9.23. The number of nitriles is 1. The van der Waals surface area contributed by atoms with Crippen molar-refractivity contribution in [2.45, 2.75) is 0 Å². The molecule has 0 aliphatic rings. The number of rotatable bonds is 3. The van der Waals surface area contributed by atoms with Crippen molar-refractivity contribution in [1.82, 2.24) is 10.2 Å². The van der Waals surface area contributed by atoms with Crippen LogP contribution in [-0.4, -0.2) is 29.8 Å². The molecule has 0 atom stereocenters. The number of nitrogens with one attached hydrogen (secondary N) is 2. The van der Waals surface area contributed by atoms with Crippen LogP contribution >= 0.6 is 0 Å². The summed E-state index contributed by atoms with van der Waals surface area (Å²) in [6.45, 7) is -0.0517. The molecule has 0 saturated carbocycles. The van der Waals surface area contributed by atoms with E-state index in [4.69, 9.17) is 5.26 Å². The van der Waals surface area contributed by atoms with Gasteiger partial charge >= 0.3 is 0 Å². The summed E-state index contributed by atoms with van der Waals surface area (Å²) in [6, 6.07) is 1.87. The minimum absolute atomic E-state index is 0.0517. The van der Waals surface area contributed by atoms with E-state index in [2.05, 4.69) is 20.3 Å². The number of hydrogen-bond donors (Lipinski definition) is 2. The molecule has 2 N–H and O–H groups in total. The van der Waals surface area contributed by atoms with E-state index in [9.17, 15) is 4.79 Å². The summed E-state index contributed by atoms with van der Waals surface area (Å²) in [5, 5.41) is 17.1. The fourth-order valence-electron chi connectivity index (χ4n) is 0.773. The summed E-state index contributed by atoms with van der Waals surface area (Å²) < 4.78 is 4.60. The van der Waals surface area contributed by atoms with E-state index in [1.807, 2.05) is 6.07 Å². The number of ether oxygens (including phenoxy) is 1. The molecule has 1 aromatic rings. The van der Waals surface area contributed by atoms with Crippen LogP contribution in [0.1, 0.15) is 5.56 Å². The lowest BCUT2D eigenvalue weighted by Gasteiger charge is -2.00. The third-order valence-electron chi connectivity index (χ3n) is 1.30. The fourth-order valence-corrected chi connectivity index (χ4v) is 0.773. The number of carbonyl (C=O) groups excluding carboxylic acids is 1. The number of aromatic nitrogens is 2. The molecule has 6 heteroatoms. The molecular formula is C7H8N4O2. The molecule has 68 valence electrons. The molecule has 0 aliphatic heterocycles. The van der Waals surface area contributed by atoms with Gasteiger partial charge in [-0.1, -0.05) is 0 Å². The second-order valence-corrected chi connectivity index (χ2v) is 2.25. The van der Waals surface area contributed by atoms with Crippen molar-refractivity contribution in [3.8, 4) is 6.07 Å². The van der Waals surface area contributed by atoms with Gasteiger partial charge in [-0.05, 0) is 0 Å². The van der Waals surface area contributed by atoms with Gasteiger partial charge in [-0.15, -0.1) is 0 Å². The Morgan fingerprint density at radius 3 is 3.31 bits per heavy atom. The van der Waals surface area contributed by atoms with Crippen molar-refractivity contribution in [2.24, 2.45) is 0 Å². The topological polar surface area (TPSA) is 90.8 Å². The van der Waals surface area contributed by atoms with Crippen molar-refractivity contribution in [1.29, 1.82) is 5.26 Å². The zero-order valence-electron chi connectivity index (χ0n) is 7.00. The van der Waals surface area contributed by atoms with Crippen molar-refractivity contribution in [3.05, 3.63) is 11.8 Å². The maximum Gasteiger partial charge on any atom is 0.251 e. The predicted molar refractivity (Wildman–Crippen MR) is 43.8 cm³/mol. The first-order valence-corrected chi connectivity index (χ1v) is 3.50. The highest BCUT2D eigenvalue weighted by Gasteiger charge is 2.07. The fraction of sp³-hybridized carbons (Fsp3) is 0.286. The first-order valence-electron chi connectivity index (χ1n) is 3.50. The van der Waals surface area contributed by atoms with Crippen LogP contribution in [0.4, 0.5) is 5.82 Å². The van der Waals surface area contributed by atoms with E-state index in [0.29, 0.717) is 11.4 Å². The summed E-state index contributed by atoms with van der Waals surface area (Å²) in [6.07, 6.45) is 1.34. The van der Waals surface area contributed by atoms with Crippen LogP contribution < -0.4 is 5.32 Å². The Bertz CT molecular complexity index is 339. The molecule has 13 heavy (non-hydrogen) atoms. The Kier molecular flexibility index (Phi) is 3.00. The van der Waals surface area contributed by atoms with E-state index >= 15 is 0 Å². The van der Waals surface area contributed by atoms with Crippen LogP contribution in [0.3, 0.4) is 0 Å². The molecule has 0 saturated heterocycles. The Hall–Kier alpha value is -1.87. The number of aromatic amines is 1. The number of carbonyl (C=O) groups is 1. The molecule has 0 radical (unpaired) electrons. The zero-order valence-corrected chi connectivity index (χ0v) is 7.00. The van der Waals surface area contributed by atoms with Gasteiger partial charge in [0.15, 0.2) is 0 Å². The zero-order chi connectivity index (χ0) is 9.68. The number of amides is 1. The molecule has 0 bridgehead atoms. The van der Waals surface area contributed by atoms with Crippen LogP contribution in [0.2, 0.25) is 0 Å². The number of nitrogens with zero attached hydrogens (tertiary/aromatic N) is 2. The van der Waals surface area contributed by atoms with Crippen molar-refractivity contribution in [2.75, 3.05) is 19.0 Å².